The fourth-order valence-corrected chi connectivity index (χ4v) is 3.85. The number of nitrogens with zero attached hydrogens (tertiary/aromatic N) is 2. The molecule has 0 saturated carbocycles. The Labute approximate surface area is 125 Å². The molecular formula is C13H16N2O3S2. The van der Waals surface area contributed by atoms with Gasteiger partial charge in [0.15, 0.2) is 5.16 Å². The minimum atomic E-state index is -0.328. The monoisotopic (exact) mass is 312 g/mol. The van der Waals surface area contributed by atoms with Crippen LogP contribution in [0.4, 0.5) is 0 Å². The minimum Gasteiger partial charge on any atom is -0.468 e. The molecule has 2 aromatic heterocycles. The van der Waals surface area contributed by atoms with Gasteiger partial charge in [0.2, 0.25) is 0 Å². The summed E-state index contributed by atoms with van der Waals surface area (Å²) < 4.78 is 6.22. The maximum atomic E-state index is 12.5. The van der Waals surface area contributed by atoms with Crippen molar-refractivity contribution in [3.8, 4) is 0 Å². The molecule has 0 bridgehead atoms. The van der Waals surface area contributed by atoms with Crippen LogP contribution in [0.25, 0.3) is 10.2 Å². The summed E-state index contributed by atoms with van der Waals surface area (Å²) in [4.78, 5) is 30.1. The summed E-state index contributed by atoms with van der Waals surface area (Å²) in [6.07, 6.45) is 0. The Balaban J connectivity index is 2.55. The molecule has 0 atom stereocenters. The molecule has 0 unspecified atom stereocenters. The van der Waals surface area contributed by atoms with E-state index in [1.807, 2.05) is 20.8 Å². The highest BCUT2D eigenvalue weighted by molar-refractivity contribution is 7.99. The van der Waals surface area contributed by atoms with E-state index < -0.39 is 0 Å². The van der Waals surface area contributed by atoms with Crippen LogP contribution >= 0.6 is 23.1 Å². The van der Waals surface area contributed by atoms with Gasteiger partial charge in [0.1, 0.15) is 4.83 Å². The average molecular weight is 312 g/mol. The van der Waals surface area contributed by atoms with Crippen molar-refractivity contribution >= 4 is 39.3 Å². The number of carbonyl (C=O) groups excluding carboxylic acids is 1. The molecule has 2 heterocycles. The number of aromatic nitrogens is 2. The Morgan fingerprint density at radius 1 is 1.45 bits per heavy atom. The Bertz CT molecular complexity index is 718. The summed E-state index contributed by atoms with van der Waals surface area (Å²) in [7, 11) is 1.35. The summed E-state index contributed by atoms with van der Waals surface area (Å²) in [6, 6.07) is 0. The van der Waals surface area contributed by atoms with Gasteiger partial charge < -0.3 is 4.74 Å². The first-order valence-electron chi connectivity index (χ1n) is 6.19. The van der Waals surface area contributed by atoms with E-state index in [1.165, 1.54) is 30.2 Å². The number of methoxy groups -OCH3 is 1. The first kappa shape index (κ1) is 15.1. The van der Waals surface area contributed by atoms with Crippen molar-refractivity contribution in [3.05, 3.63) is 20.8 Å². The molecule has 0 spiro atoms. The molecule has 0 aromatic carbocycles. The zero-order valence-corrected chi connectivity index (χ0v) is 13.5. The standard InChI is InChI=1S/C13H16N2O3S2/c1-5-15-12(17)10-7(2)8(3)20-11(10)14-13(15)19-6-9(16)18-4/h5-6H2,1-4H3. The van der Waals surface area contributed by atoms with Crippen molar-refractivity contribution in [2.24, 2.45) is 0 Å². The van der Waals surface area contributed by atoms with Crippen LogP contribution in [0.2, 0.25) is 0 Å². The van der Waals surface area contributed by atoms with E-state index in [4.69, 9.17) is 0 Å². The summed E-state index contributed by atoms with van der Waals surface area (Å²) >= 11 is 2.74. The van der Waals surface area contributed by atoms with E-state index in [1.54, 1.807) is 4.57 Å². The van der Waals surface area contributed by atoms with Gasteiger partial charge in [-0.2, -0.15) is 0 Å². The lowest BCUT2D eigenvalue weighted by Gasteiger charge is -2.09. The first-order chi connectivity index (χ1) is 9.49. The van der Waals surface area contributed by atoms with E-state index in [0.29, 0.717) is 17.1 Å². The number of hydrogen-bond acceptors (Lipinski definition) is 6. The highest BCUT2D eigenvalue weighted by Crippen LogP contribution is 2.28. The molecule has 0 saturated heterocycles. The molecule has 0 N–H and O–H groups in total. The number of ether oxygens (including phenoxy) is 1. The SMILES string of the molecule is CCn1c(SCC(=O)OC)nc2sc(C)c(C)c2c1=O. The average Bonchev–Trinajstić information content (AvgIpc) is 2.71. The van der Waals surface area contributed by atoms with E-state index in [-0.39, 0.29) is 17.3 Å². The molecule has 0 aliphatic rings. The van der Waals surface area contributed by atoms with Crippen LogP contribution < -0.4 is 5.56 Å². The van der Waals surface area contributed by atoms with Crippen LogP contribution in [0.5, 0.6) is 0 Å². The van der Waals surface area contributed by atoms with E-state index in [2.05, 4.69) is 9.72 Å². The number of fused-ring (bicyclic) bond motifs is 1. The van der Waals surface area contributed by atoms with Crippen molar-refractivity contribution in [2.45, 2.75) is 32.5 Å². The van der Waals surface area contributed by atoms with Gasteiger partial charge in [0.05, 0.1) is 18.2 Å². The number of carbonyl (C=O) groups is 1. The van der Waals surface area contributed by atoms with Crippen LogP contribution in [0.15, 0.2) is 9.95 Å². The lowest BCUT2D eigenvalue weighted by Crippen LogP contribution is -2.22. The highest BCUT2D eigenvalue weighted by atomic mass is 32.2. The zero-order chi connectivity index (χ0) is 14.9. The van der Waals surface area contributed by atoms with Gasteiger partial charge in [-0.05, 0) is 26.3 Å². The summed E-state index contributed by atoms with van der Waals surface area (Å²) in [6.45, 7) is 6.35. The van der Waals surface area contributed by atoms with Crippen molar-refractivity contribution in [3.63, 3.8) is 0 Å². The molecule has 2 aromatic rings. The molecule has 20 heavy (non-hydrogen) atoms. The van der Waals surface area contributed by atoms with Crippen LogP contribution in [0, 0.1) is 13.8 Å². The molecule has 0 aliphatic heterocycles. The number of thiophene rings is 1. The molecule has 0 fully saturated rings. The summed E-state index contributed by atoms with van der Waals surface area (Å²) in [5.74, 6) is -0.178. The van der Waals surface area contributed by atoms with Gasteiger partial charge in [0, 0.05) is 11.4 Å². The minimum absolute atomic E-state index is 0.0354. The van der Waals surface area contributed by atoms with Gasteiger partial charge in [-0.15, -0.1) is 11.3 Å². The normalized spacial score (nSPS) is 11.0. The predicted molar refractivity (Wildman–Crippen MR) is 81.8 cm³/mol. The zero-order valence-electron chi connectivity index (χ0n) is 11.8. The van der Waals surface area contributed by atoms with Crippen LogP contribution in [-0.2, 0) is 16.1 Å². The maximum absolute atomic E-state index is 12.5. The van der Waals surface area contributed by atoms with Gasteiger partial charge in [-0.1, -0.05) is 11.8 Å². The lowest BCUT2D eigenvalue weighted by atomic mass is 10.2. The molecule has 108 valence electrons. The third kappa shape index (κ3) is 2.60. The van der Waals surface area contributed by atoms with Crippen molar-refractivity contribution in [1.82, 2.24) is 9.55 Å². The van der Waals surface area contributed by atoms with Gasteiger partial charge >= 0.3 is 5.97 Å². The molecule has 0 radical (unpaired) electrons. The Kier molecular flexibility index (Phi) is 4.49. The van der Waals surface area contributed by atoms with E-state index >= 15 is 0 Å². The number of rotatable bonds is 4. The Morgan fingerprint density at radius 2 is 2.15 bits per heavy atom. The molecule has 7 heteroatoms. The second-order valence-corrected chi connectivity index (χ2v) is 6.42. The van der Waals surface area contributed by atoms with Crippen molar-refractivity contribution in [2.75, 3.05) is 12.9 Å². The quantitative estimate of drug-likeness (QED) is 0.493. The topological polar surface area (TPSA) is 61.2 Å². The lowest BCUT2D eigenvalue weighted by molar-refractivity contribution is -0.137. The fourth-order valence-electron chi connectivity index (χ4n) is 1.88. The predicted octanol–water partition coefficient (Wildman–Crippen LogP) is 2.36. The maximum Gasteiger partial charge on any atom is 0.316 e. The van der Waals surface area contributed by atoms with Gasteiger partial charge in [-0.3, -0.25) is 14.2 Å². The Hall–Kier alpha value is -1.34. The fraction of sp³-hybridized carbons (Fsp3) is 0.462. The molecule has 0 amide bonds. The smallest absolute Gasteiger partial charge is 0.316 e. The number of hydrogen-bond donors (Lipinski definition) is 0. The number of esters is 1. The molecule has 0 aliphatic carbocycles. The van der Waals surface area contributed by atoms with E-state index in [9.17, 15) is 9.59 Å². The second-order valence-electron chi connectivity index (χ2n) is 4.27. The van der Waals surface area contributed by atoms with Crippen LogP contribution in [-0.4, -0.2) is 28.4 Å². The third-order valence-corrected chi connectivity index (χ3v) is 5.17. The van der Waals surface area contributed by atoms with Crippen LogP contribution in [0.1, 0.15) is 17.4 Å². The molecule has 2 rings (SSSR count). The first-order valence-corrected chi connectivity index (χ1v) is 8.00. The molecular weight excluding hydrogens is 296 g/mol. The molecule has 5 nitrogen and oxygen atoms in total. The second kappa shape index (κ2) is 5.97. The van der Waals surface area contributed by atoms with Crippen molar-refractivity contribution < 1.29 is 9.53 Å². The van der Waals surface area contributed by atoms with E-state index in [0.717, 1.165) is 15.3 Å². The summed E-state index contributed by atoms with van der Waals surface area (Å²) in [5.41, 5.74) is 0.959. The summed E-state index contributed by atoms with van der Waals surface area (Å²) in [5, 5.41) is 1.26. The van der Waals surface area contributed by atoms with Crippen molar-refractivity contribution in [1.29, 1.82) is 0 Å². The number of aryl methyl sites for hydroxylation is 2. The largest absolute Gasteiger partial charge is 0.468 e. The Morgan fingerprint density at radius 3 is 2.75 bits per heavy atom. The van der Waals surface area contributed by atoms with Crippen LogP contribution in [0.3, 0.4) is 0 Å². The van der Waals surface area contributed by atoms with Gasteiger partial charge in [0.25, 0.3) is 5.56 Å². The number of thioether (sulfide) groups is 1. The third-order valence-electron chi connectivity index (χ3n) is 3.12. The van der Waals surface area contributed by atoms with Gasteiger partial charge in [-0.25, -0.2) is 4.98 Å². The highest BCUT2D eigenvalue weighted by Gasteiger charge is 2.16.